The SMILES string of the molecule is CCOc1cc(/C=N\NC(=O)CSc2nnc(SCc3ccc(Cl)cc3)s2)ccc1O. The topological polar surface area (TPSA) is 96.7 Å². The Morgan fingerprint density at radius 1 is 1.23 bits per heavy atom. The predicted molar refractivity (Wildman–Crippen MR) is 127 cm³/mol. The lowest BCUT2D eigenvalue weighted by atomic mass is 10.2. The van der Waals surface area contributed by atoms with Gasteiger partial charge in [-0.15, -0.1) is 10.2 Å². The first-order valence-electron chi connectivity index (χ1n) is 9.14. The van der Waals surface area contributed by atoms with E-state index in [2.05, 4.69) is 20.7 Å². The Kier molecular flexibility index (Phi) is 9.01. The van der Waals surface area contributed by atoms with Gasteiger partial charge in [0.05, 0.1) is 18.6 Å². The fourth-order valence-electron chi connectivity index (χ4n) is 2.26. The number of ether oxygens (including phenoxy) is 1. The number of halogens is 1. The molecule has 2 aromatic carbocycles. The van der Waals surface area contributed by atoms with E-state index in [1.807, 2.05) is 31.2 Å². The molecule has 0 aliphatic heterocycles. The Hall–Kier alpha value is -2.27. The lowest BCUT2D eigenvalue weighted by molar-refractivity contribution is -0.118. The van der Waals surface area contributed by atoms with E-state index >= 15 is 0 Å². The first-order valence-corrected chi connectivity index (χ1v) is 12.3. The summed E-state index contributed by atoms with van der Waals surface area (Å²) in [5, 5.41) is 22.6. The Balaban J connectivity index is 1.42. The standard InChI is InChI=1S/C20H19ClN4O3S3/c1-2-28-17-9-14(5-8-16(17)26)10-22-23-18(27)12-30-20-25-24-19(31-20)29-11-13-3-6-15(21)7-4-13/h3-10,26H,2,11-12H2,1H3,(H,23,27)/b22-10-. The van der Waals surface area contributed by atoms with E-state index in [-0.39, 0.29) is 17.4 Å². The van der Waals surface area contributed by atoms with Gasteiger partial charge in [-0.05, 0) is 48.4 Å². The molecule has 3 rings (SSSR count). The number of carbonyl (C=O) groups is 1. The van der Waals surface area contributed by atoms with Gasteiger partial charge in [-0.25, -0.2) is 5.43 Å². The predicted octanol–water partition coefficient (Wildman–Crippen LogP) is 4.83. The minimum absolute atomic E-state index is 0.0576. The number of nitrogens with one attached hydrogen (secondary N) is 1. The number of phenolic OH excluding ortho intramolecular Hbond substituents is 1. The molecule has 1 aromatic heterocycles. The normalized spacial score (nSPS) is 11.0. The van der Waals surface area contributed by atoms with Crippen LogP contribution in [0.2, 0.25) is 5.02 Å². The summed E-state index contributed by atoms with van der Waals surface area (Å²) in [6.07, 6.45) is 1.49. The maximum Gasteiger partial charge on any atom is 0.250 e. The highest BCUT2D eigenvalue weighted by Crippen LogP contribution is 2.31. The van der Waals surface area contributed by atoms with Crippen molar-refractivity contribution in [3.8, 4) is 11.5 Å². The van der Waals surface area contributed by atoms with Crippen molar-refractivity contribution in [2.24, 2.45) is 5.10 Å². The van der Waals surface area contributed by atoms with Crippen molar-refractivity contribution < 1.29 is 14.6 Å². The summed E-state index contributed by atoms with van der Waals surface area (Å²) in [5.74, 6) is 1.12. The molecule has 0 saturated heterocycles. The molecule has 0 saturated carbocycles. The molecule has 1 amide bonds. The van der Waals surface area contributed by atoms with E-state index in [9.17, 15) is 9.90 Å². The van der Waals surface area contributed by atoms with Gasteiger partial charge in [-0.3, -0.25) is 4.79 Å². The third-order valence-electron chi connectivity index (χ3n) is 3.68. The molecule has 0 spiro atoms. The van der Waals surface area contributed by atoms with E-state index in [1.54, 1.807) is 23.9 Å². The average Bonchev–Trinajstić information content (AvgIpc) is 3.22. The molecule has 1 heterocycles. The number of rotatable bonds is 10. The van der Waals surface area contributed by atoms with Crippen LogP contribution in [0.3, 0.4) is 0 Å². The van der Waals surface area contributed by atoms with Crippen LogP contribution in [0.5, 0.6) is 11.5 Å². The van der Waals surface area contributed by atoms with Crippen molar-refractivity contribution in [3.05, 3.63) is 58.6 Å². The zero-order valence-electron chi connectivity index (χ0n) is 16.4. The molecule has 0 aliphatic rings. The summed E-state index contributed by atoms with van der Waals surface area (Å²) in [6, 6.07) is 12.5. The summed E-state index contributed by atoms with van der Waals surface area (Å²) >= 11 is 10.2. The van der Waals surface area contributed by atoms with Crippen LogP contribution in [0.1, 0.15) is 18.1 Å². The van der Waals surface area contributed by atoms with Gasteiger partial charge in [0.2, 0.25) is 0 Å². The molecular formula is C20H19ClN4O3S3. The quantitative estimate of drug-likeness (QED) is 0.236. The maximum absolute atomic E-state index is 12.0. The van der Waals surface area contributed by atoms with Gasteiger partial charge in [0.1, 0.15) is 0 Å². The molecule has 162 valence electrons. The van der Waals surface area contributed by atoms with Crippen LogP contribution in [0, 0.1) is 0 Å². The highest BCUT2D eigenvalue weighted by molar-refractivity contribution is 8.03. The van der Waals surface area contributed by atoms with Gasteiger partial charge < -0.3 is 9.84 Å². The number of nitrogens with zero attached hydrogens (tertiary/aromatic N) is 3. The number of thioether (sulfide) groups is 2. The molecule has 0 atom stereocenters. The van der Waals surface area contributed by atoms with Gasteiger partial charge in [0, 0.05) is 10.8 Å². The second kappa shape index (κ2) is 11.9. The van der Waals surface area contributed by atoms with Crippen LogP contribution < -0.4 is 10.2 Å². The van der Waals surface area contributed by atoms with Crippen LogP contribution >= 0.6 is 46.5 Å². The highest BCUT2D eigenvalue weighted by atomic mass is 35.5. The molecule has 3 aromatic rings. The van der Waals surface area contributed by atoms with E-state index < -0.39 is 0 Å². The Bertz CT molecular complexity index is 1040. The number of hydrazone groups is 1. The molecule has 0 bridgehead atoms. The Morgan fingerprint density at radius 2 is 1.97 bits per heavy atom. The lowest BCUT2D eigenvalue weighted by Gasteiger charge is -2.05. The van der Waals surface area contributed by atoms with Crippen LogP contribution in [0.15, 0.2) is 56.2 Å². The molecule has 0 aliphatic carbocycles. The average molecular weight is 495 g/mol. The molecule has 0 unspecified atom stereocenters. The molecular weight excluding hydrogens is 476 g/mol. The van der Waals surface area contributed by atoms with Crippen molar-refractivity contribution in [2.45, 2.75) is 21.4 Å². The zero-order chi connectivity index (χ0) is 22.1. The van der Waals surface area contributed by atoms with E-state index in [0.717, 1.165) is 20.0 Å². The van der Waals surface area contributed by atoms with Crippen molar-refractivity contribution in [3.63, 3.8) is 0 Å². The van der Waals surface area contributed by atoms with E-state index in [1.165, 1.54) is 35.4 Å². The summed E-state index contributed by atoms with van der Waals surface area (Å²) < 4.78 is 6.88. The minimum Gasteiger partial charge on any atom is -0.504 e. The second-order valence-corrected chi connectivity index (χ2v) is 9.85. The van der Waals surface area contributed by atoms with Crippen molar-refractivity contribution in [2.75, 3.05) is 12.4 Å². The number of hydrogen-bond donors (Lipinski definition) is 2. The summed E-state index contributed by atoms with van der Waals surface area (Å²) in [7, 11) is 0. The maximum atomic E-state index is 12.0. The highest BCUT2D eigenvalue weighted by Gasteiger charge is 2.09. The Morgan fingerprint density at radius 3 is 2.71 bits per heavy atom. The van der Waals surface area contributed by atoms with E-state index in [4.69, 9.17) is 16.3 Å². The first-order chi connectivity index (χ1) is 15.0. The fraction of sp³-hybridized carbons (Fsp3) is 0.200. The molecule has 7 nitrogen and oxygen atoms in total. The number of aromatic hydroxyl groups is 1. The molecule has 2 N–H and O–H groups in total. The zero-order valence-corrected chi connectivity index (χ0v) is 19.7. The fourth-order valence-corrected chi connectivity index (χ4v) is 5.15. The van der Waals surface area contributed by atoms with E-state index in [0.29, 0.717) is 22.9 Å². The molecule has 31 heavy (non-hydrogen) atoms. The smallest absolute Gasteiger partial charge is 0.250 e. The van der Waals surface area contributed by atoms with Gasteiger partial charge in [0.15, 0.2) is 20.2 Å². The first kappa shape index (κ1) is 23.4. The summed E-state index contributed by atoms with van der Waals surface area (Å²) in [5.41, 5.74) is 4.32. The van der Waals surface area contributed by atoms with Crippen LogP contribution in [0.4, 0.5) is 0 Å². The number of aromatic nitrogens is 2. The number of carbonyl (C=O) groups excluding carboxylic acids is 1. The van der Waals surface area contributed by atoms with Crippen LogP contribution in [-0.2, 0) is 10.5 Å². The van der Waals surface area contributed by atoms with Gasteiger partial charge in [-0.2, -0.15) is 5.10 Å². The van der Waals surface area contributed by atoms with Gasteiger partial charge in [0.25, 0.3) is 5.91 Å². The lowest BCUT2D eigenvalue weighted by Crippen LogP contribution is -2.19. The van der Waals surface area contributed by atoms with Crippen molar-refractivity contribution in [1.29, 1.82) is 0 Å². The van der Waals surface area contributed by atoms with Crippen LogP contribution in [-0.4, -0.2) is 39.8 Å². The number of phenols is 1. The number of benzene rings is 2. The van der Waals surface area contributed by atoms with Gasteiger partial charge in [-0.1, -0.05) is 58.6 Å². The minimum atomic E-state index is -0.254. The summed E-state index contributed by atoms with van der Waals surface area (Å²) in [6.45, 7) is 2.27. The van der Waals surface area contributed by atoms with Crippen LogP contribution in [0.25, 0.3) is 0 Å². The van der Waals surface area contributed by atoms with Gasteiger partial charge >= 0.3 is 0 Å². The third kappa shape index (κ3) is 7.73. The monoisotopic (exact) mass is 494 g/mol. The number of amides is 1. The molecule has 11 heteroatoms. The molecule has 0 radical (unpaired) electrons. The third-order valence-corrected chi connectivity index (χ3v) is 7.19. The summed E-state index contributed by atoms with van der Waals surface area (Å²) in [4.78, 5) is 12.0. The largest absolute Gasteiger partial charge is 0.504 e. The molecule has 0 fully saturated rings. The van der Waals surface area contributed by atoms with Crippen molar-refractivity contribution >= 4 is 58.6 Å². The second-order valence-electron chi connectivity index (χ2n) is 5.99. The van der Waals surface area contributed by atoms with Crippen molar-refractivity contribution in [1.82, 2.24) is 15.6 Å². The Labute approximate surface area is 197 Å². The number of hydrogen-bond acceptors (Lipinski definition) is 9.